The summed E-state index contributed by atoms with van der Waals surface area (Å²) in [5.41, 5.74) is 0. The van der Waals surface area contributed by atoms with E-state index in [4.69, 9.17) is 28.4 Å². The van der Waals surface area contributed by atoms with E-state index in [0.717, 1.165) is 34.5 Å². The minimum absolute atomic E-state index is 0. The van der Waals surface area contributed by atoms with Crippen molar-refractivity contribution in [3.63, 3.8) is 0 Å². The van der Waals surface area contributed by atoms with Crippen LogP contribution < -0.4 is 60.2 Å². The molecule has 0 atom stereocenters. The van der Waals surface area contributed by atoms with Gasteiger partial charge in [-0.15, -0.1) is 24.8 Å². The summed E-state index contributed by atoms with van der Waals surface area (Å²) in [5.74, 6) is 5.18. The Labute approximate surface area is 349 Å². The number of hydrogen-bond acceptors (Lipinski definition) is 6. The number of benzene rings is 6. The van der Waals surface area contributed by atoms with Gasteiger partial charge in [0.25, 0.3) is 0 Å². The first-order chi connectivity index (χ1) is 24.5. The van der Waals surface area contributed by atoms with Gasteiger partial charge in [-0.25, -0.2) is 0 Å². The molecule has 0 spiro atoms. The Morgan fingerprint density at radius 2 is 0.358 bits per heavy atom. The molecule has 0 unspecified atom stereocenters. The maximum atomic E-state index is 5.30. The third-order valence-electron chi connectivity index (χ3n) is 7.98. The van der Waals surface area contributed by atoms with Crippen LogP contribution in [0.5, 0.6) is 34.5 Å². The van der Waals surface area contributed by atoms with Gasteiger partial charge in [-0.3, -0.25) is 0 Å². The van der Waals surface area contributed by atoms with Crippen LogP contribution in [0.3, 0.4) is 0 Å². The SMILES string of the molecule is COc1ccc(P(c2ccc(OC)cc2)c2ccc(OC)cc2)cc1.COc1ccc(P(c2ccc(OC)cc2)c2ccc(OC)cc2)cc1.Cl.Cl.[Hg]. The Morgan fingerprint density at radius 3 is 0.453 bits per heavy atom. The molecule has 0 aliphatic carbocycles. The summed E-state index contributed by atoms with van der Waals surface area (Å²) in [4.78, 5) is 0. The van der Waals surface area contributed by atoms with Crippen molar-refractivity contribution in [1.82, 2.24) is 0 Å². The molecule has 0 aliphatic heterocycles. The van der Waals surface area contributed by atoms with Gasteiger partial charge in [-0.05, 0) is 120 Å². The first-order valence-corrected chi connectivity index (χ1v) is 18.6. The van der Waals surface area contributed by atoms with Crippen LogP contribution in [0.2, 0.25) is 0 Å². The average molecular weight is 978 g/mol. The van der Waals surface area contributed by atoms with Crippen LogP contribution in [0.15, 0.2) is 146 Å². The minimum Gasteiger partial charge on any atom is -0.497 e. The van der Waals surface area contributed by atoms with Gasteiger partial charge in [0.15, 0.2) is 0 Å². The fraction of sp³-hybridized carbons (Fsp3) is 0.143. The molecular formula is C42H44Cl2HgO6P2. The van der Waals surface area contributed by atoms with E-state index >= 15 is 0 Å². The van der Waals surface area contributed by atoms with E-state index < -0.39 is 15.8 Å². The van der Waals surface area contributed by atoms with Crippen LogP contribution in [0.25, 0.3) is 0 Å². The van der Waals surface area contributed by atoms with Crippen molar-refractivity contribution in [2.75, 3.05) is 42.7 Å². The van der Waals surface area contributed by atoms with E-state index in [2.05, 4.69) is 72.8 Å². The van der Waals surface area contributed by atoms with Crippen LogP contribution in [0, 0.1) is 0 Å². The second-order valence-electron chi connectivity index (χ2n) is 10.9. The second-order valence-corrected chi connectivity index (χ2v) is 15.3. The number of ether oxygens (including phenoxy) is 6. The number of halogens is 2. The summed E-state index contributed by atoms with van der Waals surface area (Å²) in [7, 11) is 8.78. The van der Waals surface area contributed by atoms with Crippen molar-refractivity contribution in [1.29, 1.82) is 0 Å². The molecule has 0 amide bonds. The number of rotatable bonds is 12. The van der Waals surface area contributed by atoms with Crippen LogP contribution in [0.4, 0.5) is 0 Å². The predicted molar refractivity (Wildman–Crippen MR) is 224 cm³/mol. The van der Waals surface area contributed by atoms with Gasteiger partial charge in [-0.1, -0.05) is 72.8 Å². The summed E-state index contributed by atoms with van der Waals surface area (Å²) in [6.45, 7) is 0. The van der Waals surface area contributed by atoms with Crippen LogP contribution in [-0.2, 0) is 27.7 Å². The fourth-order valence-corrected chi connectivity index (χ4v) is 9.75. The molecule has 6 aromatic carbocycles. The van der Waals surface area contributed by atoms with E-state index in [9.17, 15) is 0 Å². The van der Waals surface area contributed by atoms with Crippen molar-refractivity contribution in [2.24, 2.45) is 0 Å². The molecule has 11 heteroatoms. The summed E-state index contributed by atoms with van der Waals surface area (Å²) < 4.78 is 31.8. The van der Waals surface area contributed by atoms with Gasteiger partial charge in [0, 0.05) is 27.7 Å². The van der Waals surface area contributed by atoms with Gasteiger partial charge < -0.3 is 28.4 Å². The molecule has 0 N–H and O–H groups in total. The molecule has 274 valence electrons. The predicted octanol–water partition coefficient (Wildman–Crippen LogP) is 7.78. The second kappa shape index (κ2) is 23.3. The molecule has 53 heavy (non-hydrogen) atoms. The Morgan fingerprint density at radius 1 is 0.245 bits per heavy atom. The molecule has 0 bridgehead atoms. The van der Waals surface area contributed by atoms with E-state index in [0.29, 0.717) is 0 Å². The van der Waals surface area contributed by atoms with Crippen LogP contribution in [-0.4, -0.2) is 42.7 Å². The summed E-state index contributed by atoms with van der Waals surface area (Å²) >= 11 is 0. The maximum absolute atomic E-state index is 5.30. The third-order valence-corrected chi connectivity index (χ3v) is 12.9. The number of hydrogen-bond donors (Lipinski definition) is 0. The van der Waals surface area contributed by atoms with Gasteiger partial charge in [0.1, 0.15) is 34.5 Å². The van der Waals surface area contributed by atoms with Gasteiger partial charge >= 0.3 is 0 Å². The molecule has 0 saturated heterocycles. The van der Waals surface area contributed by atoms with Crippen molar-refractivity contribution in [2.45, 2.75) is 0 Å². The Hall–Kier alpha value is -3.50. The van der Waals surface area contributed by atoms with Crippen molar-refractivity contribution >= 4 is 72.5 Å². The maximum Gasteiger partial charge on any atom is 0.118 e. The molecule has 0 heterocycles. The molecular weight excluding hydrogens is 934 g/mol. The Balaban J connectivity index is 0.000000347. The zero-order valence-electron chi connectivity index (χ0n) is 30.7. The first-order valence-electron chi connectivity index (χ1n) is 15.9. The quantitative estimate of drug-likeness (QED) is 0.0924. The standard InChI is InChI=1S/2C21H21O3P.2ClH.Hg/c2*1-22-16-4-10-19(11-5-16)25(20-12-6-17(23-2)7-13-20)21-14-8-18(24-3)9-15-21;;;/h2*4-15H,1-3H3;2*1H;. The van der Waals surface area contributed by atoms with E-state index in [-0.39, 0.29) is 52.5 Å². The van der Waals surface area contributed by atoms with E-state index in [1.807, 2.05) is 72.8 Å². The third kappa shape index (κ3) is 12.3. The Kier molecular flexibility index (Phi) is 20.1. The monoisotopic (exact) mass is 978 g/mol. The van der Waals surface area contributed by atoms with Gasteiger partial charge in [0.05, 0.1) is 42.7 Å². The first kappa shape index (κ1) is 45.7. The summed E-state index contributed by atoms with van der Waals surface area (Å²) in [5, 5.41) is 7.62. The Bertz CT molecular complexity index is 1530. The molecule has 6 nitrogen and oxygen atoms in total. The molecule has 0 aliphatic rings. The van der Waals surface area contributed by atoms with E-state index in [1.165, 1.54) is 31.8 Å². The smallest absolute Gasteiger partial charge is 0.118 e. The average Bonchev–Trinajstić information content (AvgIpc) is 3.20. The van der Waals surface area contributed by atoms with Crippen LogP contribution >= 0.6 is 40.7 Å². The molecule has 0 aromatic heterocycles. The molecule has 0 saturated carbocycles. The van der Waals surface area contributed by atoms with Gasteiger partial charge in [-0.2, -0.15) is 0 Å². The number of methoxy groups -OCH3 is 6. The van der Waals surface area contributed by atoms with Crippen molar-refractivity contribution < 1.29 is 56.1 Å². The topological polar surface area (TPSA) is 55.4 Å². The molecule has 0 radical (unpaired) electrons. The zero-order chi connectivity index (χ0) is 35.3. The largest absolute Gasteiger partial charge is 0.497 e. The van der Waals surface area contributed by atoms with Crippen molar-refractivity contribution in [3.8, 4) is 34.5 Å². The fourth-order valence-electron chi connectivity index (χ4n) is 5.28. The van der Waals surface area contributed by atoms with E-state index in [1.54, 1.807) is 42.7 Å². The van der Waals surface area contributed by atoms with Crippen LogP contribution in [0.1, 0.15) is 0 Å². The minimum atomic E-state index is -0.665. The summed E-state index contributed by atoms with van der Waals surface area (Å²) in [6, 6.07) is 49.8. The normalized spacial score (nSPS) is 9.96. The molecule has 6 aromatic rings. The zero-order valence-corrected chi connectivity index (χ0v) is 39.6. The van der Waals surface area contributed by atoms with Crippen molar-refractivity contribution in [3.05, 3.63) is 146 Å². The molecule has 0 fully saturated rings. The summed E-state index contributed by atoms with van der Waals surface area (Å²) in [6.07, 6.45) is 0. The molecule has 6 rings (SSSR count). The van der Waals surface area contributed by atoms with Gasteiger partial charge in [0.2, 0.25) is 0 Å².